The van der Waals surface area contributed by atoms with Crippen LogP contribution in [0, 0.1) is 5.82 Å². The number of nitrogens with two attached hydrogens (primary N) is 1. The number of amides is 2. The number of ether oxygens (including phenoxy) is 2. The molecule has 0 spiro atoms. The fourth-order valence-corrected chi connectivity index (χ4v) is 5.02. The minimum atomic E-state index is -0.655. The normalized spacial score (nSPS) is 14.4. The number of thiophene rings is 1. The van der Waals surface area contributed by atoms with Crippen molar-refractivity contribution in [1.29, 1.82) is 0 Å². The van der Waals surface area contributed by atoms with Crippen LogP contribution in [0.4, 0.5) is 15.2 Å². The quantitative estimate of drug-likeness (QED) is 0.369. The Labute approximate surface area is 218 Å². The summed E-state index contributed by atoms with van der Waals surface area (Å²) in [6.45, 7) is 3.89. The van der Waals surface area contributed by atoms with Crippen molar-refractivity contribution < 1.29 is 28.6 Å². The Morgan fingerprint density at radius 2 is 2.05 bits per heavy atom. The Morgan fingerprint density at radius 1 is 1.27 bits per heavy atom. The third-order valence-corrected chi connectivity index (χ3v) is 6.80. The summed E-state index contributed by atoms with van der Waals surface area (Å²) >= 11 is 1.18. The number of hydrogen-bond acceptors (Lipinski definition) is 8. The third kappa shape index (κ3) is 7.10. The number of carbonyl (C=O) groups is 2. The Hall–Kier alpha value is -3.38. The van der Waals surface area contributed by atoms with Gasteiger partial charge in [0.25, 0.3) is 5.91 Å². The maximum atomic E-state index is 14.8. The van der Waals surface area contributed by atoms with Crippen LogP contribution in [-0.2, 0) is 27.3 Å². The zero-order valence-corrected chi connectivity index (χ0v) is 21.2. The fourth-order valence-electron chi connectivity index (χ4n) is 3.92. The van der Waals surface area contributed by atoms with E-state index in [0.717, 1.165) is 0 Å². The van der Waals surface area contributed by atoms with Crippen LogP contribution >= 0.6 is 11.3 Å². The van der Waals surface area contributed by atoms with Crippen molar-refractivity contribution in [2.75, 3.05) is 38.2 Å². The molecule has 0 aliphatic carbocycles. The van der Waals surface area contributed by atoms with E-state index in [1.165, 1.54) is 17.4 Å². The lowest BCUT2D eigenvalue weighted by Crippen LogP contribution is -2.42. The highest BCUT2D eigenvalue weighted by Gasteiger charge is 2.19. The monoisotopic (exact) mass is 528 g/mol. The van der Waals surface area contributed by atoms with E-state index < -0.39 is 17.8 Å². The summed E-state index contributed by atoms with van der Waals surface area (Å²) in [7, 11) is 0. The Bertz CT molecular complexity index is 1260. The third-order valence-electron chi connectivity index (χ3n) is 5.72. The number of nitrogens with zero attached hydrogens (tertiary/aromatic N) is 2. The molecule has 1 atom stereocenters. The van der Waals surface area contributed by atoms with E-state index in [-0.39, 0.29) is 24.7 Å². The van der Waals surface area contributed by atoms with Crippen molar-refractivity contribution in [3.63, 3.8) is 0 Å². The number of carbonyl (C=O) groups excluding carboxylic acids is 2. The smallest absolute Gasteiger partial charge is 0.251 e. The predicted octanol–water partition coefficient (Wildman–Crippen LogP) is 3.09. The average molecular weight is 529 g/mol. The van der Waals surface area contributed by atoms with Crippen LogP contribution < -0.4 is 11.1 Å². The van der Waals surface area contributed by atoms with E-state index in [1.807, 2.05) is 0 Å². The number of pyridine rings is 1. The summed E-state index contributed by atoms with van der Waals surface area (Å²) in [4.78, 5) is 31.1. The van der Waals surface area contributed by atoms with Crippen molar-refractivity contribution in [1.82, 2.24) is 9.88 Å². The van der Waals surface area contributed by atoms with E-state index in [0.29, 0.717) is 65.2 Å². The van der Waals surface area contributed by atoms with Crippen LogP contribution in [-0.4, -0.2) is 65.8 Å². The lowest BCUT2D eigenvalue weighted by atomic mass is 10.0. The Balaban J connectivity index is 1.44. The van der Waals surface area contributed by atoms with Gasteiger partial charge in [-0.05, 0) is 43.2 Å². The number of aromatic nitrogens is 1. The van der Waals surface area contributed by atoms with Gasteiger partial charge in [0.2, 0.25) is 5.91 Å². The topological polar surface area (TPSA) is 127 Å². The molecule has 2 amide bonds. The molecule has 4 N–H and O–H groups in total. The number of anilines is 2. The highest BCUT2D eigenvalue weighted by Crippen LogP contribution is 2.38. The van der Waals surface area contributed by atoms with Gasteiger partial charge in [0.15, 0.2) is 0 Å². The van der Waals surface area contributed by atoms with Crippen LogP contribution in [0.5, 0.6) is 0 Å². The number of halogens is 1. The van der Waals surface area contributed by atoms with Gasteiger partial charge in [-0.1, -0.05) is 18.2 Å². The van der Waals surface area contributed by atoms with Crippen LogP contribution in [0.25, 0.3) is 10.4 Å². The number of nitrogens with one attached hydrogen (secondary N) is 1. The van der Waals surface area contributed by atoms with E-state index in [2.05, 4.69) is 10.3 Å². The number of morpholine rings is 1. The van der Waals surface area contributed by atoms with Crippen LogP contribution in [0.15, 0.2) is 42.5 Å². The SMILES string of the molecule is CC(O)Cc1ccc(-c2cc(C(N)=O)c(Nc3cccc(COCC(=O)N4CCOCC4)n3)s2)c(F)c1. The second-order valence-electron chi connectivity index (χ2n) is 8.71. The minimum Gasteiger partial charge on any atom is -0.393 e. The van der Waals surface area contributed by atoms with Gasteiger partial charge in [-0.3, -0.25) is 9.59 Å². The molecule has 1 fully saturated rings. The van der Waals surface area contributed by atoms with E-state index in [9.17, 15) is 19.1 Å². The summed E-state index contributed by atoms with van der Waals surface area (Å²) in [5, 5.41) is 13.1. The van der Waals surface area contributed by atoms with Gasteiger partial charge in [0.05, 0.1) is 37.2 Å². The number of aliphatic hydroxyl groups excluding tert-OH is 1. The Morgan fingerprint density at radius 3 is 2.76 bits per heavy atom. The number of benzene rings is 1. The number of aliphatic hydroxyl groups is 1. The molecular weight excluding hydrogens is 499 g/mol. The molecule has 3 aromatic rings. The van der Waals surface area contributed by atoms with Gasteiger partial charge in [-0.25, -0.2) is 9.37 Å². The van der Waals surface area contributed by atoms with Crippen LogP contribution in [0.3, 0.4) is 0 Å². The van der Waals surface area contributed by atoms with E-state index in [1.54, 1.807) is 48.2 Å². The molecule has 0 bridgehead atoms. The highest BCUT2D eigenvalue weighted by molar-refractivity contribution is 7.19. The zero-order valence-electron chi connectivity index (χ0n) is 20.4. The van der Waals surface area contributed by atoms with E-state index >= 15 is 0 Å². The van der Waals surface area contributed by atoms with Gasteiger partial charge >= 0.3 is 0 Å². The van der Waals surface area contributed by atoms with Gasteiger partial charge in [-0.2, -0.15) is 0 Å². The Kier molecular flexibility index (Phi) is 8.82. The van der Waals surface area contributed by atoms with Gasteiger partial charge in [0.1, 0.15) is 23.2 Å². The zero-order chi connectivity index (χ0) is 26.4. The molecule has 1 unspecified atom stereocenters. The molecule has 0 radical (unpaired) electrons. The number of primary amides is 1. The van der Waals surface area contributed by atoms with Crippen molar-refractivity contribution in [2.45, 2.75) is 26.1 Å². The number of hydrogen-bond donors (Lipinski definition) is 3. The molecule has 0 saturated carbocycles. The van der Waals surface area contributed by atoms with Crippen molar-refractivity contribution in [3.05, 3.63) is 65.1 Å². The molecule has 4 rings (SSSR count). The molecule has 9 nitrogen and oxygen atoms in total. The average Bonchev–Trinajstić information content (AvgIpc) is 3.28. The first kappa shape index (κ1) is 26.7. The summed E-state index contributed by atoms with van der Waals surface area (Å²) in [6, 6.07) is 11.6. The first-order chi connectivity index (χ1) is 17.8. The summed E-state index contributed by atoms with van der Waals surface area (Å²) in [5.41, 5.74) is 7.40. The highest BCUT2D eigenvalue weighted by atomic mass is 32.1. The first-order valence-corrected chi connectivity index (χ1v) is 12.7. The van der Waals surface area contributed by atoms with E-state index in [4.69, 9.17) is 15.2 Å². The maximum Gasteiger partial charge on any atom is 0.251 e. The molecule has 1 aliphatic heterocycles. The second-order valence-corrected chi connectivity index (χ2v) is 9.76. The minimum absolute atomic E-state index is 0.0545. The molecule has 11 heteroatoms. The summed E-state index contributed by atoms with van der Waals surface area (Å²) in [6.07, 6.45) is -0.239. The van der Waals surface area contributed by atoms with Crippen LogP contribution in [0.2, 0.25) is 0 Å². The fraction of sp³-hybridized carbons (Fsp3) is 0.346. The first-order valence-electron chi connectivity index (χ1n) is 11.9. The number of rotatable bonds is 10. The molecular formula is C26H29FN4O5S. The molecule has 3 heterocycles. The molecule has 1 aliphatic rings. The van der Waals surface area contributed by atoms with Crippen molar-refractivity contribution >= 4 is 34.0 Å². The van der Waals surface area contributed by atoms with Gasteiger partial charge in [0, 0.05) is 23.5 Å². The molecule has 196 valence electrons. The molecule has 37 heavy (non-hydrogen) atoms. The van der Waals surface area contributed by atoms with Crippen LogP contribution in [0.1, 0.15) is 28.5 Å². The second kappa shape index (κ2) is 12.2. The maximum absolute atomic E-state index is 14.8. The molecule has 1 saturated heterocycles. The summed E-state index contributed by atoms with van der Waals surface area (Å²) < 4.78 is 25.6. The lowest BCUT2D eigenvalue weighted by Gasteiger charge is -2.26. The largest absolute Gasteiger partial charge is 0.393 e. The van der Waals surface area contributed by atoms with Gasteiger partial charge < -0.3 is 30.5 Å². The molecule has 2 aromatic heterocycles. The van der Waals surface area contributed by atoms with Crippen molar-refractivity contribution in [3.8, 4) is 10.4 Å². The summed E-state index contributed by atoms with van der Waals surface area (Å²) in [5.74, 6) is -0.756. The van der Waals surface area contributed by atoms with Crippen molar-refractivity contribution in [2.24, 2.45) is 5.73 Å². The molecule has 1 aromatic carbocycles. The lowest BCUT2D eigenvalue weighted by molar-refractivity contribution is -0.140. The predicted molar refractivity (Wildman–Crippen MR) is 138 cm³/mol. The van der Waals surface area contributed by atoms with Gasteiger partial charge in [-0.15, -0.1) is 11.3 Å². The standard InChI is InChI=1S/C26H29FN4O5S/c1-16(32)11-17-5-6-19(21(27)12-17)22-13-20(25(28)34)26(37-22)30-23-4-2-3-18(29-23)14-36-15-24(33)31-7-9-35-10-8-31/h2-6,12-13,16,32H,7-11,14-15H2,1H3,(H2,28,34)(H,29,30).